The van der Waals surface area contributed by atoms with Gasteiger partial charge in [0.1, 0.15) is 0 Å². The molecule has 0 aliphatic heterocycles. The summed E-state index contributed by atoms with van der Waals surface area (Å²) in [4.78, 5) is 0. The summed E-state index contributed by atoms with van der Waals surface area (Å²) in [7, 11) is 1.63. The van der Waals surface area contributed by atoms with Crippen molar-refractivity contribution in [3.63, 3.8) is 0 Å². The van der Waals surface area contributed by atoms with Crippen LogP contribution in [0.4, 0.5) is 5.69 Å². The van der Waals surface area contributed by atoms with Crippen LogP contribution in [0.25, 0.3) is 0 Å². The number of hydrogen-bond acceptors (Lipinski definition) is 3. The van der Waals surface area contributed by atoms with Crippen LogP contribution in [0, 0.1) is 0 Å². The number of rotatable bonds is 9. The second-order valence-corrected chi connectivity index (χ2v) is 4.53. The molecule has 0 saturated heterocycles. The third-order valence-corrected chi connectivity index (χ3v) is 2.94. The molecular weight excluding hydrogens is 226 g/mol. The monoisotopic (exact) mass is 251 g/mol. The molecule has 0 aliphatic carbocycles. The lowest BCUT2D eigenvalue weighted by atomic mass is 10.1. The first-order chi connectivity index (χ1) is 8.77. The number of nitrogen functional groups attached to an aromatic ring is 1. The molecule has 0 unspecified atom stereocenters. The Morgan fingerprint density at radius 3 is 2.44 bits per heavy atom. The molecule has 0 spiro atoms. The molecule has 3 heteroatoms. The molecule has 0 fully saturated rings. The van der Waals surface area contributed by atoms with Crippen LogP contribution >= 0.6 is 0 Å². The first kappa shape index (κ1) is 14.7. The molecule has 0 atom stereocenters. The lowest BCUT2D eigenvalue weighted by Crippen LogP contribution is -2.00. The average Bonchev–Trinajstić information content (AvgIpc) is 2.39. The first-order valence-electron chi connectivity index (χ1n) is 6.84. The molecule has 0 aromatic heterocycles. The van der Waals surface area contributed by atoms with Gasteiger partial charge in [0.05, 0.1) is 13.7 Å². The zero-order chi connectivity index (χ0) is 13.2. The van der Waals surface area contributed by atoms with Gasteiger partial charge in [-0.3, -0.25) is 0 Å². The van der Waals surface area contributed by atoms with Gasteiger partial charge < -0.3 is 15.2 Å². The van der Waals surface area contributed by atoms with Crippen LogP contribution < -0.4 is 15.2 Å². The fraction of sp³-hybridized carbons (Fsp3) is 0.600. The Hall–Kier alpha value is -1.38. The Morgan fingerprint density at radius 1 is 1.00 bits per heavy atom. The maximum atomic E-state index is 5.71. The van der Waals surface area contributed by atoms with Crippen molar-refractivity contribution in [1.82, 2.24) is 0 Å². The summed E-state index contributed by atoms with van der Waals surface area (Å²) < 4.78 is 10.9. The highest BCUT2D eigenvalue weighted by Crippen LogP contribution is 2.29. The number of hydrogen-bond donors (Lipinski definition) is 1. The van der Waals surface area contributed by atoms with Crippen LogP contribution in [0.5, 0.6) is 11.5 Å². The zero-order valence-corrected chi connectivity index (χ0v) is 11.6. The maximum absolute atomic E-state index is 5.71. The van der Waals surface area contributed by atoms with Gasteiger partial charge in [-0.2, -0.15) is 0 Å². The third kappa shape index (κ3) is 5.30. The Balaban J connectivity index is 2.22. The van der Waals surface area contributed by atoms with Crippen molar-refractivity contribution >= 4 is 5.69 Å². The van der Waals surface area contributed by atoms with Crippen molar-refractivity contribution in [1.29, 1.82) is 0 Å². The molecular formula is C15H25NO2. The van der Waals surface area contributed by atoms with E-state index in [4.69, 9.17) is 15.2 Å². The van der Waals surface area contributed by atoms with Crippen LogP contribution in [-0.2, 0) is 0 Å². The SMILES string of the molecule is CCCCCCCCOc1ccc(N)cc1OC. The van der Waals surface area contributed by atoms with E-state index in [0.717, 1.165) is 18.8 Å². The van der Waals surface area contributed by atoms with Gasteiger partial charge in [0.25, 0.3) is 0 Å². The Morgan fingerprint density at radius 2 is 1.72 bits per heavy atom. The first-order valence-corrected chi connectivity index (χ1v) is 6.84. The van der Waals surface area contributed by atoms with E-state index in [-0.39, 0.29) is 0 Å². The minimum Gasteiger partial charge on any atom is -0.493 e. The Bertz CT molecular complexity index is 339. The number of benzene rings is 1. The predicted octanol–water partition coefficient (Wildman–Crippen LogP) is 4.02. The van der Waals surface area contributed by atoms with Crippen molar-refractivity contribution in [2.45, 2.75) is 45.4 Å². The predicted molar refractivity (Wildman–Crippen MR) is 76.3 cm³/mol. The van der Waals surface area contributed by atoms with Crippen molar-refractivity contribution < 1.29 is 9.47 Å². The summed E-state index contributed by atoms with van der Waals surface area (Å²) in [6.07, 6.45) is 7.60. The van der Waals surface area contributed by atoms with Gasteiger partial charge in [0.15, 0.2) is 11.5 Å². The lowest BCUT2D eigenvalue weighted by molar-refractivity contribution is 0.285. The third-order valence-electron chi connectivity index (χ3n) is 2.94. The van der Waals surface area contributed by atoms with E-state index in [1.807, 2.05) is 12.1 Å². The summed E-state index contributed by atoms with van der Waals surface area (Å²) in [6.45, 7) is 2.98. The average molecular weight is 251 g/mol. The molecule has 18 heavy (non-hydrogen) atoms. The highest BCUT2D eigenvalue weighted by Gasteiger charge is 2.03. The molecule has 3 nitrogen and oxygen atoms in total. The van der Waals surface area contributed by atoms with E-state index >= 15 is 0 Å². The summed E-state index contributed by atoms with van der Waals surface area (Å²) in [5, 5.41) is 0. The summed E-state index contributed by atoms with van der Waals surface area (Å²) in [6, 6.07) is 5.49. The van der Waals surface area contributed by atoms with Crippen LogP contribution in [0.1, 0.15) is 45.4 Å². The van der Waals surface area contributed by atoms with E-state index in [1.165, 1.54) is 32.1 Å². The minimum atomic E-state index is 0.693. The fourth-order valence-corrected chi connectivity index (χ4v) is 1.87. The molecule has 102 valence electrons. The van der Waals surface area contributed by atoms with E-state index in [9.17, 15) is 0 Å². The van der Waals surface area contributed by atoms with Crippen molar-refractivity contribution in [3.8, 4) is 11.5 Å². The highest BCUT2D eigenvalue weighted by atomic mass is 16.5. The molecule has 2 N–H and O–H groups in total. The van der Waals surface area contributed by atoms with Crippen molar-refractivity contribution in [2.75, 3.05) is 19.5 Å². The molecule has 1 aromatic rings. The van der Waals surface area contributed by atoms with Crippen LogP contribution in [0.15, 0.2) is 18.2 Å². The summed E-state index contributed by atoms with van der Waals surface area (Å²) in [5.74, 6) is 1.49. The molecule has 0 aliphatic rings. The molecule has 0 radical (unpaired) electrons. The second kappa shape index (κ2) is 8.67. The normalized spacial score (nSPS) is 10.3. The Labute approximate surface area is 110 Å². The van der Waals surface area contributed by atoms with E-state index in [1.54, 1.807) is 13.2 Å². The van der Waals surface area contributed by atoms with E-state index in [2.05, 4.69) is 6.92 Å². The zero-order valence-electron chi connectivity index (χ0n) is 11.6. The number of nitrogens with two attached hydrogens (primary N) is 1. The van der Waals surface area contributed by atoms with Crippen LogP contribution in [-0.4, -0.2) is 13.7 Å². The molecule has 0 bridgehead atoms. The maximum Gasteiger partial charge on any atom is 0.162 e. The van der Waals surface area contributed by atoms with Crippen molar-refractivity contribution in [3.05, 3.63) is 18.2 Å². The highest BCUT2D eigenvalue weighted by molar-refractivity contribution is 5.51. The fourth-order valence-electron chi connectivity index (χ4n) is 1.87. The van der Waals surface area contributed by atoms with Gasteiger partial charge in [-0.25, -0.2) is 0 Å². The van der Waals surface area contributed by atoms with Gasteiger partial charge in [0, 0.05) is 11.8 Å². The Kier molecular flexibility index (Phi) is 7.07. The number of unbranched alkanes of at least 4 members (excludes halogenated alkanes) is 5. The summed E-state index contributed by atoms with van der Waals surface area (Å²) >= 11 is 0. The molecule has 0 saturated carbocycles. The van der Waals surface area contributed by atoms with E-state index in [0.29, 0.717) is 11.4 Å². The lowest BCUT2D eigenvalue weighted by Gasteiger charge is -2.11. The molecule has 1 aromatic carbocycles. The van der Waals surface area contributed by atoms with Gasteiger partial charge in [-0.05, 0) is 18.6 Å². The van der Waals surface area contributed by atoms with E-state index < -0.39 is 0 Å². The van der Waals surface area contributed by atoms with Gasteiger partial charge in [-0.15, -0.1) is 0 Å². The quantitative estimate of drug-likeness (QED) is 0.532. The molecule has 0 amide bonds. The number of methoxy groups -OCH3 is 1. The number of ether oxygens (including phenoxy) is 2. The smallest absolute Gasteiger partial charge is 0.162 e. The second-order valence-electron chi connectivity index (χ2n) is 4.53. The molecule has 0 heterocycles. The van der Waals surface area contributed by atoms with Crippen LogP contribution in [0.2, 0.25) is 0 Å². The van der Waals surface area contributed by atoms with Crippen molar-refractivity contribution in [2.24, 2.45) is 0 Å². The minimum absolute atomic E-state index is 0.693. The van der Waals surface area contributed by atoms with Crippen LogP contribution in [0.3, 0.4) is 0 Å². The molecule has 1 rings (SSSR count). The largest absolute Gasteiger partial charge is 0.493 e. The van der Waals surface area contributed by atoms with Gasteiger partial charge >= 0.3 is 0 Å². The number of anilines is 1. The van der Waals surface area contributed by atoms with Gasteiger partial charge in [0.2, 0.25) is 0 Å². The van der Waals surface area contributed by atoms with Gasteiger partial charge in [-0.1, -0.05) is 39.0 Å². The topological polar surface area (TPSA) is 44.5 Å². The summed E-state index contributed by atoms with van der Waals surface area (Å²) in [5.41, 5.74) is 6.38. The standard InChI is InChI=1S/C15H25NO2/c1-3-4-5-6-7-8-11-18-14-10-9-13(16)12-15(14)17-2/h9-10,12H,3-8,11,16H2,1-2H3.